The van der Waals surface area contributed by atoms with Crippen molar-refractivity contribution in [1.82, 2.24) is 10.2 Å². The molecule has 0 rings (SSSR count). The first-order valence-electron chi connectivity index (χ1n) is 5.27. The van der Waals surface area contributed by atoms with Crippen LogP contribution in [0.25, 0.3) is 0 Å². The molecule has 1 unspecified atom stereocenters. The van der Waals surface area contributed by atoms with E-state index in [2.05, 4.69) is 31.0 Å². The number of aliphatic carboxylic acids is 1. The summed E-state index contributed by atoms with van der Waals surface area (Å²) >= 11 is 0. The highest BCUT2D eigenvalue weighted by Crippen LogP contribution is 1.91. The zero-order valence-electron chi connectivity index (χ0n) is 9.42. The molecule has 0 aliphatic heterocycles. The minimum Gasteiger partial charge on any atom is -0.481 e. The maximum absolute atomic E-state index is 10.3. The molecule has 84 valence electrons. The van der Waals surface area contributed by atoms with Crippen LogP contribution in [-0.2, 0) is 4.79 Å². The second kappa shape index (κ2) is 7.76. The van der Waals surface area contributed by atoms with Gasteiger partial charge in [0.2, 0.25) is 0 Å². The van der Waals surface area contributed by atoms with Gasteiger partial charge in [0.1, 0.15) is 0 Å². The Bertz CT molecular complexity index is 158. The molecule has 0 aromatic carbocycles. The molecule has 0 aromatic heterocycles. The quantitative estimate of drug-likeness (QED) is 0.611. The Kier molecular flexibility index (Phi) is 7.42. The van der Waals surface area contributed by atoms with Gasteiger partial charge in [-0.1, -0.05) is 13.8 Å². The maximum Gasteiger partial charge on any atom is 0.304 e. The van der Waals surface area contributed by atoms with E-state index in [1.54, 1.807) is 0 Å². The van der Waals surface area contributed by atoms with Crippen LogP contribution >= 0.6 is 0 Å². The minimum atomic E-state index is -0.743. The Balaban J connectivity index is 3.53. The molecule has 4 heteroatoms. The van der Waals surface area contributed by atoms with E-state index in [9.17, 15) is 4.79 Å². The maximum atomic E-state index is 10.3. The van der Waals surface area contributed by atoms with E-state index in [1.165, 1.54) is 0 Å². The predicted octanol–water partition coefficient (Wildman–Crippen LogP) is 0.781. The number of rotatable bonds is 8. The summed E-state index contributed by atoms with van der Waals surface area (Å²) in [6, 6.07) is 0.356. The summed E-state index contributed by atoms with van der Waals surface area (Å²) < 4.78 is 0. The van der Waals surface area contributed by atoms with Gasteiger partial charge in [-0.25, -0.2) is 0 Å². The molecule has 0 heterocycles. The van der Waals surface area contributed by atoms with Crippen molar-refractivity contribution >= 4 is 5.97 Å². The van der Waals surface area contributed by atoms with Crippen molar-refractivity contribution in [1.29, 1.82) is 0 Å². The summed E-state index contributed by atoms with van der Waals surface area (Å²) in [5, 5.41) is 11.6. The smallest absolute Gasteiger partial charge is 0.304 e. The fourth-order valence-corrected chi connectivity index (χ4v) is 1.36. The molecular formula is C10H22N2O2. The van der Waals surface area contributed by atoms with Crippen LogP contribution in [0.4, 0.5) is 0 Å². The lowest BCUT2D eigenvalue weighted by Crippen LogP contribution is -2.39. The fourth-order valence-electron chi connectivity index (χ4n) is 1.36. The summed E-state index contributed by atoms with van der Waals surface area (Å²) in [6.07, 6.45) is 0.197. The van der Waals surface area contributed by atoms with Gasteiger partial charge in [0.15, 0.2) is 0 Å². The van der Waals surface area contributed by atoms with Crippen LogP contribution in [0.15, 0.2) is 0 Å². The standard InChI is InChI=1S/C10H22N2O2/c1-4-12(5-2)8-9(3)11-7-6-10(13)14/h9,11H,4-8H2,1-3H3,(H,13,14). The number of carboxylic acids is 1. The van der Waals surface area contributed by atoms with E-state index in [0.29, 0.717) is 12.6 Å². The van der Waals surface area contributed by atoms with Gasteiger partial charge in [-0.05, 0) is 20.0 Å². The molecule has 4 nitrogen and oxygen atoms in total. The zero-order chi connectivity index (χ0) is 11.0. The third-order valence-corrected chi connectivity index (χ3v) is 2.26. The number of hydrogen-bond donors (Lipinski definition) is 2. The van der Waals surface area contributed by atoms with E-state index < -0.39 is 5.97 Å². The molecule has 0 spiro atoms. The lowest BCUT2D eigenvalue weighted by atomic mass is 10.3. The van der Waals surface area contributed by atoms with Gasteiger partial charge < -0.3 is 15.3 Å². The van der Waals surface area contributed by atoms with Crippen LogP contribution in [0.3, 0.4) is 0 Å². The SMILES string of the molecule is CCN(CC)CC(C)NCCC(=O)O. The normalized spacial score (nSPS) is 13.1. The van der Waals surface area contributed by atoms with Crippen LogP contribution in [0.5, 0.6) is 0 Å². The van der Waals surface area contributed by atoms with Crippen molar-refractivity contribution < 1.29 is 9.90 Å². The van der Waals surface area contributed by atoms with Crippen LogP contribution in [0.1, 0.15) is 27.2 Å². The van der Waals surface area contributed by atoms with E-state index in [1.807, 2.05) is 0 Å². The number of hydrogen-bond acceptors (Lipinski definition) is 3. The first-order chi connectivity index (χ1) is 6.60. The highest BCUT2D eigenvalue weighted by Gasteiger charge is 2.06. The van der Waals surface area contributed by atoms with Crippen molar-refractivity contribution in [3.05, 3.63) is 0 Å². The van der Waals surface area contributed by atoms with Gasteiger partial charge in [0.05, 0.1) is 6.42 Å². The first kappa shape index (κ1) is 13.4. The van der Waals surface area contributed by atoms with Crippen molar-refractivity contribution in [3.8, 4) is 0 Å². The topological polar surface area (TPSA) is 52.6 Å². The summed E-state index contributed by atoms with van der Waals surface area (Å²) in [7, 11) is 0. The predicted molar refractivity (Wildman–Crippen MR) is 57.5 cm³/mol. The van der Waals surface area contributed by atoms with E-state index >= 15 is 0 Å². The largest absolute Gasteiger partial charge is 0.481 e. The lowest BCUT2D eigenvalue weighted by molar-refractivity contribution is -0.136. The van der Waals surface area contributed by atoms with E-state index in [4.69, 9.17) is 5.11 Å². The zero-order valence-corrected chi connectivity index (χ0v) is 9.42. The number of carbonyl (C=O) groups is 1. The van der Waals surface area contributed by atoms with Crippen LogP contribution in [-0.4, -0.2) is 48.2 Å². The van der Waals surface area contributed by atoms with Crippen molar-refractivity contribution in [2.45, 2.75) is 33.2 Å². The molecule has 0 radical (unpaired) electrons. The second-order valence-corrected chi connectivity index (χ2v) is 3.48. The average Bonchev–Trinajstić information content (AvgIpc) is 2.13. The summed E-state index contributed by atoms with van der Waals surface area (Å²) in [5.41, 5.74) is 0. The number of nitrogens with zero attached hydrogens (tertiary/aromatic N) is 1. The Morgan fingerprint density at radius 3 is 2.43 bits per heavy atom. The number of likely N-dealkylation sites (N-methyl/N-ethyl adjacent to an activating group) is 1. The molecule has 0 amide bonds. The average molecular weight is 202 g/mol. The number of nitrogens with one attached hydrogen (secondary N) is 1. The van der Waals surface area contributed by atoms with Crippen LogP contribution < -0.4 is 5.32 Å². The highest BCUT2D eigenvalue weighted by molar-refractivity contribution is 5.66. The minimum absolute atomic E-state index is 0.197. The molecule has 0 fully saturated rings. The van der Waals surface area contributed by atoms with Gasteiger partial charge in [-0.2, -0.15) is 0 Å². The summed E-state index contributed by atoms with van der Waals surface area (Å²) in [5.74, 6) is -0.743. The molecule has 0 saturated carbocycles. The van der Waals surface area contributed by atoms with Gasteiger partial charge in [-0.15, -0.1) is 0 Å². The third-order valence-electron chi connectivity index (χ3n) is 2.26. The van der Waals surface area contributed by atoms with E-state index in [0.717, 1.165) is 19.6 Å². The molecule has 0 aliphatic carbocycles. The van der Waals surface area contributed by atoms with Crippen molar-refractivity contribution in [2.24, 2.45) is 0 Å². The Morgan fingerprint density at radius 2 is 2.00 bits per heavy atom. The molecule has 14 heavy (non-hydrogen) atoms. The van der Waals surface area contributed by atoms with Crippen LogP contribution in [0.2, 0.25) is 0 Å². The molecule has 0 saturated heterocycles. The highest BCUT2D eigenvalue weighted by atomic mass is 16.4. The lowest BCUT2D eigenvalue weighted by Gasteiger charge is -2.23. The van der Waals surface area contributed by atoms with Crippen molar-refractivity contribution in [3.63, 3.8) is 0 Å². The molecule has 0 aliphatic rings. The molecule has 2 N–H and O–H groups in total. The molecule has 0 aromatic rings. The van der Waals surface area contributed by atoms with Crippen molar-refractivity contribution in [2.75, 3.05) is 26.2 Å². The first-order valence-corrected chi connectivity index (χ1v) is 5.27. The second-order valence-electron chi connectivity index (χ2n) is 3.48. The molecule has 1 atom stereocenters. The van der Waals surface area contributed by atoms with Crippen LogP contribution in [0, 0.1) is 0 Å². The Hall–Kier alpha value is -0.610. The monoisotopic (exact) mass is 202 g/mol. The van der Waals surface area contributed by atoms with Gasteiger partial charge >= 0.3 is 5.97 Å². The summed E-state index contributed by atoms with van der Waals surface area (Å²) in [6.45, 7) is 9.97. The van der Waals surface area contributed by atoms with Gasteiger partial charge in [0, 0.05) is 19.1 Å². The fraction of sp³-hybridized carbons (Fsp3) is 0.900. The summed E-state index contributed by atoms with van der Waals surface area (Å²) in [4.78, 5) is 12.6. The molecular weight excluding hydrogens is 180 g/mol. The molecule has 0 bridgehead atoms. The van der Waals surface area contributed by atoms with Gasteiger partial charge in [-0.3, -0.25) is 4.79 Å². The Labute approximate surface area is 86.3 Å². The third kappa shape index (κ3) is 6.86. The van der Waals surface area contributed by atoms with Gasteiger partial charge in [0.25, 0.3) is 0 Å². The van der Waals surface area contributed by atoms with E-state index in [-0.39, 0.29) is 6.42 Å². The number of carboxylic acid groups (broad SMARTS) is 1. The Morgan fingerprint density at radius 1 is 1.43 bits per heavy atom.